The zero-order valence-electron chi connectivity index (χ0n) is 11.7. The molecule has 4 rings (SSSR count). The topological polar surface area (TPSA) is 37.8 Å². The van der Waals surface area contributed by atoms with E-state index in [0.29, 0.717) is 16.7 Å². The quantitative estimate of drug-likeness (QED) is 0.776. The predicted molar refractivity (Wildman–Crippen MR) is 80.6 cm³/mol. The SMILES string of the molecule is Fc1ccc2c(c1)C(Nc1ncnc3ccc(F)cc13)CC2. The van der Waals surface area contributed by atoms with Crippen LogP contribution in [0.1, 0.15) is 23.6 Å². The standard InChI is InChI=1S/C17H13F2N3/c18-11-3-1-10-2-5-16(13(10)7-11)22-17-14-8-12(19)4-6-15(14)20-9-21-17/h1,3-4,6-9,16H,2,5H2,(H,20,21,22). The van der Waals surface area contributed by atoms with Gasteiger partial charge in [-0.3, -0.25) is 0 Å². The minimum Gasteiger partial charge on any atom is -0.363 e. The Morgan fingerprint density at radius 2 is 1.82 bits per heavy atom. The highest BCUT2D eigenvalue weighted by molar-refractivity contribution is 5.88. The Bertz CT molecular complexity index is 864. The third-order valence-corrected chi connectivity index (χ3v) is 4.09. The van der Waals surface area contributed by atoms with E-state index in [-0.39, 0.29) is 17.7 Å². The molecule has 0 bridgehead atoms. The molecule has 1 atom stereocenters. The first-order valence-corrected chi connectivity index (χ1v) is 7.16. The molecule has 0 saturated carbocycles. The van der Waals surface area contributed by atoms with Gasteiger partial charge >= 0.3 is 0 Å². The maximum absolute atomic E-state index is 13.5. The van der Waals surface area contributed by atoms with Crippen molar-refractivity contribution in [3.05, 3.63) is 65.5 Å². The number of rotatable bonds is 2. The fourth-order valence-corrected chi connectivity index (χ4v) is 3.03. The number of nitrogens with one attached hydrogen (secondary N) is 1. The van der Waals surface area contributed by atoms with E-state index in [9.17, 15) is 8.78 Å². The minimum atomic E-state index is -0.330. The molecule has 22 heavy (non-hydrogen) atoms. The lowest BCUT2D eigenvalue weighted by molar-refractivity contribution is 0.624. The van der Waals surface area contributed by atoms with Gasteiger partial charge in [0.15, 0.2) is 0 Å². The van der Waals surface area contributed by atoms with Crippen molar-refractivity contribution in [2.24, 2.45) is 0 Å². The molecule has 1 aromatic heterocycles. The van der Waals surface area contributed by atoms with Crippen molar-refractivity contribution < 1.29 is 8.78 Å². The van der Waals surface area contributed by atoms with Crippen LogP contribution < -0.4 is 5.32 Å². The van der Waals surface area contributed by atoms with Crippen LogP contribution in [-0.4, -0.2) is 9.97 Å². The summed E-state index contributed by atoms with van der Waals surface area (Å²) in [6.45, 7) is 0. The molecule has 3 aromatic rings. The molecule has 1 unspecified atom stereocenters. The molecule has 0 aliphatic heterocycles. The van der Waals surface area contributed by atoms with E-state index in [1.54, 1.807) is 12.1 Å². The number of benzene rings is 2. The van der Waals surface area contributed by atoms with Gasteiger partial charge in [0.1, 0.15) is 23.8 Å². The lowest BCUT2D eigenvalue weighted by atomic mass is 10.1. The Morgan fingerprint density at radius 3 is 2.73 bits per heavy atom. The molecule has 1 N–H and O–H groups in total. The summed E-state index contributed by atoms with van der Waals surface area (Å²) in [5, 5.41) is 3.94. The van der Waals surface area contributed by atoms with Crippen LogP contribution in [0, 0.1) is 11.6 Å². The smallest absolute Gasteiger partial charge is 0.137 e. The van der Waals surface area contributed by atoms with Crippen molar-refractivity contribution in [3.63, 3.8) is 0 Å². The van der Waals surface area contributed by atoms with Gasteiger partial charge < -0.3 is 5.32 Å². The molecule has 3 nitrogen and oxygen atoms in total. The largest absolute Gasteiger partial charge is 0.363 e. The molecular weight excluding hydrogens is 284 g/mol. The monoisotopic (exact) mass is 297 g/mol. The van der Waals surface area contributed by atoms with Gasteiger partial charge in [-0.15, -0.1) is 0 Å². The maximum Gasteiger partial charge on any atom is 0.137 e. The van der Waals surface area contributed by atoms with Crippen molar-refractivity contribution in [1.29, 1.82) is 0 Å². The number of fused-ring (bicyclic) bond motifs is 2. The van der Waals surface area contributed by atoms with Crippen LogP contribution in [0.5, 0.6) is 0 Å². The number of halogens is 2. The Labute approximate surface area is 126 Å². The van der Waals surface area contributed by atoms with E-state index >= 15 is 0 Å². The van der Waals surface area contributed by atoms with Gasteiger partial charge in [0, 0.05) is 5.39 Å². The summed E-state index contributed by atoms with van der Waals surface area (Å²) < 4.78 is 27.0. The molecule has 5 heteroatoms. The lowest BCUT2D eigenvalue weighted by Gasteiger charge is -2.16. The first kappa shape index (κ1) is 13.1. The third kappa shape index (κ3) is 2.19. The molecule has 110 valence electrons. The molecular formula is C17H13F2N3. The van der Waals surface area contributed by atoms with Crippen LogP contribution in [0.4, 0.5) is 14.6 Å². The summed E-state index contributed by atoms with van der Waals surface area (Å²) in [4.78, 5) is 8.36. The van der Waals surface area contributed by atoms with Crippen LogP contribution in [0.2, 0.25) is 0 Å². The summed E-state index contributed by atoms with van der Waals surface area (Å²) in [5.74, 6) is 0.000803. The number of aryl methyl sites for hydroxylation is 1. The van der Waals surface area contributed by atoms with Crippen LogP contribution in [0.25, 0.3) is 10.9 Å². The van der Waals surface area contributed by atoms with E-state index in [1.807, 2.05) is 6.07 Å². The zero-order valence-corrected chi connectivity index (χ0v) is 11.7. The highest BCUT2D eigenvalue weighted by Crippen LogP contribution is 2.35. The molecule has 1 aliphatic carbocycles. The molecule has 1 heterocycles. The second-order valence-electron chi connectivity index (χ2n) is 5.46. The van der Waals surface area contributed by atoms with Crippen LogP contribution in [0.15, 0.2) is 42.7 Å². The minimum absolute atomic E-state index is 0.0212. The van der Waals surface area contributed by atoms with Gasteiger partial charge in [-0.05, 0) is 54.3 Å². The molecule has 0 radical (unpaired) electrons. The van der Waals surface area contributed by atoms with E-state index in [0.717, 1.165) is 24.0 Å². The summed E-state index contributed by atoms with van der Waals surface area (Å²) in [5.41, 5.74) is 2.77. The molecule has 0 fully saturated rings. The predicted octanol–water partition coefficient (Wildman–Crippen LogP) is 4.01. The van der Waals surface area contributed by atoms with E-state index in [4.69, 9.17) is 0 Å². The molecule has 0 amide bonds. The maximum atomic E-state index is 13.5. The fourth-order valence-electron chi connectivity index (χ4n) is 3.03. The normalized spacial score (nSPS) is 16.7. The first-order valence-electron chi connectivity index (χ1n) is 7.16. The zero-order chi connectivity index (χ0) is 15.1. The van der Waals surface area contributed by atoms with Crippen LogP contribution in [-0.2, 0) is 6.42 Å². The first-order chi connectivity index (χ1) is 10.7. The van der Waals surface area contributed by atoms with Crippen molar-refractivity contribution in [2.45, 2.75) is 18.9 Å². The summed E-state index contributed by atoms with van der Waals surface area (Å²) in [6.07, 6.45) is 3.20. The Balaban J connectivity index is 1.74. The fraction of sp³-hybridized carbons (Fsp3) is 0.176. The van der Waals surface area contributed by atoms with Gasteiger partial charge in [0.2, 0.25) is 0 Å². The Kier molecular flexibility index (Phi) is 2.99. The Morgan fingerprint density at radius 1 is 1.00 bits per heavy atom. The van der Waals surface area contributed by atoms with E-state index < -0.39 is 0 Å². The highest BCUT2D eigenvalue weighted by atomic mass is 19.1. The average molecular weight is 297 g/mol. The van der Waals surface area contributed by atoms with Gasteiger partial charge in [-0.25, -0.2) is 18.7 Å². The lowest BCUT2D eigenvalue weighted by Crippen LogP contribution is -2.09. The molecule has 0 saturated heterocycles. The van der Waals surface area contributed by atoms with Gasteiger partial charge in [0.25, 0.3) is 0 Å². The third-order valence-electron chi connectivity index (χ3n) is 4.09. The van der Waals surface area contributed by atoms with Crippen LogP contribution in [0.3, 0.4) is 0 Å². The number of hydrogen-bond acceptors (Lipinski definition) is 3. The second kappa shape index (κ2) is 5.02. The van der Waals surface area contributed by atoms with Crippen molar-refractivity contribution in [1.82, 2.24) is 9.97 Å². The summed E-state index contributed by atoms with van der Waals surface area (Å²) in [6, 6.07) is 9.26. The van der Waals surface area contributed by atoms with Crippen LogP contribution >= 0.6 is 0 Å². The highest BCUT2D eigenvalue weighted by Gasteiger charge is 2.23. The van der Waals surface area contributed by atoms with E-state index in [2.05, 4.69) is 15.3 Å². The number of aromatic nitrogens is 2. The average Bonchev–Trinajstić information content (AvgIpc) is 2.90. The van der Waals surface area contributed by atoms with Gasteiger partial charge in [0.05, 0.1) is 11.6 Å². The second-order valence-corrected chi connectivity index (χ2v) is 5.46. The molecule has 0 spiro atoms. The van der Waals surface area contributed by atoms with Crippen molar-refractivity contribution in [3.8, 4) is 0 Å². The van der Waals surface area contributed by atoms with Gasteiger partial charge in [-0.2, -0.15) is 0 Å². The molecule has 1 aliphatic rings. The number of nitrogens with zero attached hydrogens (tertiary/aromatic N) is 2. The number of anilines is 1. The van der Waals surface area contributed by atoms with Crippen molar-refractivity contribution in [2.75, 3.05) is 5.32 Å². The summed E-state index contributed by atoms with van der Waals surface area (Å²) in [7, 11) is 0. The van der Waals surface area contributed by atoms with Crippen molar-refractivity contribution >= 4 is 16.7 Å². The summed E-state index contributed by atoms with van der Waals surface area (Å²) >= 11 is 0. The van der Waals surface area contributed by atoms with Gasteiger partial charge in [-0.1, -0.05) is 6.07 Å². The molecule has 2 aromatic carbocycles. The Hall–Kier alpha value is -2.56. The van der Waals surface area contributed by atoms with E-state index in [1.165, 1.54) is 24.5 Å². The number of hydrogen-bond donors (Lipinski definition) is 1.